The van der Waals surface area contributed by atoms with Gasteiger partial charge in [0.25, 0.3) is 0 Å². The van der Waals surface area contributed by atoms with Gasteiger partial charge in [-0.3, -0.25) is 0 Å². The summed E-state index contributed by atoms with van der Waals surface area (Å²) >= 11 is 0. The molecule has 0 N–H and O–H groups in total. The van der Waals surface area contributed by atoms with Crippen LogP contribution in [0.25, 0.3) is 0 Å². The third-order valence-electron chi connectivity index (χ3n) is 1.81. The first-order chi connectivity index (χ1) is 4.83. The van der Waals surface area contributed by atoms with Crippen molar-refractivity contribution in [2.75, 3.05) is 6.61 Å². The fourth-order valence-electron chi connectivity index (χ4n) is 1.16. The predicted octanol–water partition coefficient (Wildman–Crippen LogP) is 1.82. The summed E-state index contributed by atoms with van der Waals surface area (Å²) < 4.78 is 5.46. The van der Waals surface area contributed by atoms with Crippen molar-refractivity contribution in [2.45, 2.75) is 32.8 Å². The lowest BCUT2D eigenvalue weighted by Gasteiger charge is -2.22. The molecular formula is C9H14O. The normalized spacial score (nSPS) is 32.6. The van der Waals surface area contributed by atoms with E-state index in [1.165, 1.54) is 6.42 Å². The lowest BCUT2D eigenvalue weighted by Crippen LogP contribution is -2.22. The van der Waals surface area contributed by atoms with Gasteiger partial charge in [0.2, 0.25) is 0 Å². The molecule has 1 nitrogen and oxygen atoms in total. The molecule has 0 amide bonds. The van der Waals surface area contributed by atoms with E-state index in [-0.39, 0.29) is 6.10 Å². The smallest absolute Gasteiger partial charge is 0.118 e. The number of hydrogen-bond acceptors (Lipinski definition) is 1. The van der Waals surface area contributed by atoms with Gasteiger partial charge in [-0.15, -0.1) is 5.92 Å². The standard InChI is InChI=1S/C9H14O/c1-3-4-9-6-5-8(2)7-10-9/h8-9H,5-7H2,1-2H3. The molecule has 1 saturated heterocycles. The van der Waals surface area contributed by atoms with Gasteiger partial charge < -0.3 is 4.74 Å². The van der Waals surface area contributed by atoms with E-state index in [4.69, 9.17) is 4.74 Å². The average Bonchev–Trinajstić information content (AvgIpc) is 1.95. The molecule has 0 bridgehead atoms. The summed E-state index contributed by atoms with van der Waals surface area (Å²) in [7, 11) is 0. The van der Waals surface area contributed by atoms with E-state index in [9.17, 15) is 0 Å². The van der Waals surface area contributed by atoms with Crippen molar-refractivity contribution in [3.63, 3.8) is 0 Å². The van der Waals surface area contributed by atoms with Gasteiger partial charge in [0.15, 0.2) is 0 Å². The van der Waals surface area contributed by atoms with Crippen molar-refractivity contribution in [3.8, 4) is 11.8 Å². The minimum absolute atomic E-state index is 0.223. The molecule has 1 rings (SSSR count). The van der Waals surface area contributed by atoms with Gasteiger partial charge in [-0.1, -0.05) is 12.8 Å². The van der Waals surface area contributed by atoms with E-state index in [0.29, 0.717) is 0 Å². The fourth-order valence-corrected chi connectivity index (χ4v) is 1.16. The summed E-state index contributed by atoms with van der Waals surface area (Å²) in [6.07, 6.45) is 2.60. The van der Waals surface area contributed by atoms with Gasteiger partial charge in [-0.05, 0) is 25.7 Å². The van der Waals surface area contributed by atoms with Crippen molar-refractivity contribution in [3.05, 3.63) is 0 Å². The summed E-state index contributed by atoms with van der Waals surface area (Å²) in [6, 6.07) is 0. The van der Waals surface area contributed by atoms with Crippen LogP contribution >= 0.6 is 0 Å². The predicted molar refractivity (Wildman–Crippen MR) is 41.6 cm³/mol. The highest BCUT2D eigenvalue weighted by Gasteiger charge is 2.15. The minimum atomic E-state index is 0.223. The maximum atomic E-state index is 5.46. The monoisotopic (exact) mass is 138 g/mol. The molecule has 1 fully saturated rings. The summed E-state index contributed by atoms with van der Waals surface area (Å²) in [5.74, 6) is 6.64. The Morgan fingerprint density at radius 1 is 1.40 bits per heavy atom. The zero-order valence-corrected chi connectivity index (χ0v) is 6.68. The Morgan fingerprint density at radius 3 is 2.70 bits per heavy atom. The molecule has 10 heavy (non-hydrogen) atoms. The SMILES string of the molecule is CC#CC1CCC(C)CO1. The van der Waals surface area contributed by atoms with Crippen molar-refractivity contribution in [1.29, 1.82) is 0 Å². The lowest BCUT2D eigenvalue weighted by molar-refractivity contribution is 0.0218. The van der Waals surface area contributed by atoms with Gasteiger partial charge in [-0.25, -0.2) is 0 Å². The molecule has 1 aliphatic rings. The van der Waals surface area contributed by atoms with E-state index in [1.807, 2.05) is 6.92 Å². The van der Waals surface area contributed by atoms with Crippen LogP contribution in [0.3, 0.4) is 0 Å². The van der Waals surface area contributed by atoms with Crippen LogP contribution in [0.4, 0.5) is 0 Å². The second-order valence-electron chi connectivity index (χ2n) is 2.90. The average molecular weight is 138 g/mol. The van der Waals surface area contributed by atoms with Crippen LogP contribution in [-0.4, -0.2) is 12.7 Å². The van der Waals surface area contributed by atoms with Crippen molar-refractivity contribution in [1.82, 2.24) is 0 Å². The highest BCUT2D eigenvalue weighted by Crippen LogP contribution is 2.17. The Balaban J connectivity index is 2.30. The molecule has 0 aromatic carbocycles. The highest BCUT2D eigenvalue weighted by atomic mass is 16.5. The summed E-state index contributed by atoms with van der Waals surface area (Å²) in [5.41, 5.74) is 0. The van der Waals surface area contributed by atoms with Gasteiger partial charge in [0.1, 0.15) is 6.10 Å². The minimum Gasteiger partial charge on any atom is -0.365 e. The zero-order chi connectivity index (χ0) is 7.40. The topological polar surface area (TPSA) is 9.23 Å². The number of ether oxygens (including phenoxy) is 1. The van der Waals surface area contributed by atoms with Crippen LogP contribution < -0.4 is 0 Å². The van der Waals surface area contributed by atoms with E-state index in [1.54, 1.807) is 0 Å². The van der Waals surface area contributed by atoms with Crippen molar-refractivity contribution in [2.24, 2.45) is 5.92 Å². The van der Waals surface area contributed by atoms with Crippen molar-refractivity contribution < 1.29 is 4.74 Å². The van der Waals surface area contributed by atoms with Crippen LogP contribution in [0, 0.1) is 17.8 Å². The molecule has 0 aromatic rings. The molecule has 2 unspecified atom stereocenters. The van der Waals surface area contributed by atoms with Crippen molar-refractivity contribution >= 4 is 0 Å². The van der Waals surface area contributed by atoms with E-state index < -0.39 is 0 Å². The summed E-state index contributed by atoms with van der Waals surface area (Å²) in [4.78, 5) is 0. The quantitative estimate of drug-likeness (QED) is 0.464. The molecule has 56 valence electrons. The third kappa shape index (κ3) is 2.04. The molecule has 0 radical (unpaired) electrons. The maximum absolute atomic E-state index is 5.46. The zero-order valence-electron chi connectivity index (χ0n) is 6.68. The second-order valence-corrected chi connectivity index (χ2v) is 2.90. The first-order valence-corrected chi connectivity index (χ1v) is 3.87. The largest absolute Gasteiger partial charge is 0.365 e. The third-order valence-corrected chi connectivity index (χ3v) is 1.81. The molecule has 2 atom stereocenters. The molecule has 1 heteroatoms. The van der Waals surface area contributed by atoms with E-state index in [0.717, 1.165) is 18.9 Å². The Morgan fingerprint density at radius 2 is 2.20 bits per heavy atom. The molecule has 0 spiro atoms. The number of rotatable bonds is 0. The van der Waals surface area contributed by atoms with Gasteiger partial charge in [0.05, 0.1) is 6.61 Å². The second kappa shape index (κ2) is 3.63. The Kier molecular flexibility index (Phi) is 2.77. The fraction of sp³-hybridized carbons (Fsp3) is 0.778. The lowest BCUT2D eigenvalue weighted by atomic mass is 10.0. The maximum Gasteiger partial charge on any atom is 0.118 e. The van der Waals surface area contributed by atoms with E-state index >= 15 is 0 Å². The molecule has 1 aliphatic heterocycles. The molecule has 0 aromatic heterocycles. The van der Waals surface area contributed by atoms with Crippen LogP contribution in [0.5, 0.6) is 0 Å². The Hall–Kier alpha value is -0.480. The first-order valence-electron chi connectivity index (χ1n) is 3.87. The van der Waals surface area contributed by atoms with Crippen LogP contribution in [0.1, 0.15) is 26.7 Å². The van der Waals surface area contributed by atoms with Gasteiger partial charge in [0, 0.05) is 0 Å². The summed E-state index contributed by atoms with van der Waals surface area (Å²) in [5, 5.41) is 0. The highest BCUT2D eigenvalue weighted by molar-refractivity contribution is 5.03. The van der Waals surface area contributed by atoms with Crippen LogP contribution in [-0.2, 0) is 4.74 Å². The van der Waals surface area contributed by atoms with E-state index in [2.05, 4.69) is 18.8 Å². The van der Waals surface area contributed by atoms with Gasteiger partial charge >= 0.3 is 0 Å². The van der Waals surface area contributed by atoms with Crippen LogP contribution in [0.2, 0.25) is 0 Å². The van der Waals surface area contributed by atoms with Crippen LogP contribution in [0.15, 0.2) is 0 Å². The molecule has 0 aliphatic carbocycles. The Bertz CT molecular complexity index is 144. The molecule has 1 heterocycles. The first kappa shape index (κ1) is 7.63. The molecular weight excluding hydrogens is 124 g/mol. The molecule has 0 saturated carbocycles. The van der Waals surface area contributed by atoms with Gasteiger partial charge in [-0.2, -0.15) is 0 Å². The summed E-state index contributed by atoms with van der Waals surface area (Å²) in [6.45, 7) is 4.97. The Labute approximate surface area is 62.8 Å². The number of hydrogen-bond donors (Lipinski definition) is 0.